The van der Waals surface area contributed by atoms with Crippen LogP contribution in [0.5, 0.6) is 11.5 Å². The number of hydrogen-bond acceptors (Lipinski definition) is 5. The van der Waals surface area contributed by atoms with Gasteiger partial charge in [0.25, 0.3) is 0 Å². The first kappa shape index (κ1) is 24.7. The lowest BCUT2D eigenvalue weighted by Gasteiger charge is -2.38. The van der Waals surface area contributed by atoms with Gasteiger partial charge in [0.2, 0.25) is 15.9 Å². The second-order valence-electron chi connectivity index (χ2n) is 8.41. The van der Waals surface area contributed by atoms with Crippen molar-refractivity contribution in [3.8, 4) is 11.5 Å². The summed E-state index contributed by atoms with van der Waals surface area (Å²) < 4.78 is 75.8. The first-order chi connectivity index (χ1) is 15.2. The summed E-state index contributed by atoms with van der Waals surface area (Å²) in [5, 5.41) is 2.80. The molecule has 3 rings (SSSR count). The number of alkyl halides is 3. The normalized spacial score (nSPS) is 17.5. The Balaban J connectivity index is 1.86. The van der Waals surface area contributed by atoms with Gasteiger partial charge in [-0.1, -0.05) is 6.07 Å². The van der Waals surface area contributed by atoms with Crippen molar-refractivity contribution in [3.05, 3.63) is 53.6 Å². The predicted octanol–water partition coefficient (Wildman–Crippen LogP) is 3.90. The fourth-order valence-electron chi connectivity index (χ4n) is 3.70. The number of sulfonamides is 1. The first-order valence-corrected chi connectivity index (χ1v) is 11.9. The molecule has 7 nitrogen and oxygen atoms in total. The molecule has 0 spiro atoms. The van der Waals surface area contributed by atoms with Crippen LogP contribution in [0.4, 0.5) is 18.9 Å². The number of nitrogens with zero attached hydrogens (tertiary/aromatic N) is 1. The molecule has 0 bridgehead atoms. The molecule has 1 N–H and O–H groups in total. The Morgan fingerprint density at radius 1 is 1.24 bits per heavy atom. The van der Waals surface area contributed by atoms with Crippen LogP contribution in [0.3, 0.4) is 0 Å². The molecule has 0 saturated carbocycles. The van der Waals surface area contributed by atoms with Gasteiger partial charge in [-0.2, -0.15) is 13.2 Å². The molecule has 1 aliphatic rings. The van der Waals surface area contributed by atoms with Gasteiger partial charge in [-0.15, -0.1) is 0 Å². The standard InChI is InChI=1S/C22H25F3N2O5S/c1-21(2)12-18(17-9-8-16(31-3)11-19(17)32-21)26-20(28)13-27(33(4,29)30)15-7-5-6-14(10-15)22(23,24)25/h5-11,18H,12-13H2,1-4H3,(H,26,28). The Labute approximate surface area is 190 Å². The largest absolute Gasteiger partial charge is 0.497 e. The van der Waals surface area contributed by atoms with E-state index in [0.717, 1.165) is 18.4 Å². The summed E-state index contributed by atoms with van der Waals surface area (Å²) >= 11 is 0. The molecule has 180 valence electrons. The third-order valence-corrected chi connectivity index (χ3v) is 6.30. The molecule has 1 heterocycles. The zero-order valence-corrected chi connectivity index (χ0v) is 19.4. The summed E-state index contributed by atoms with van der Waals surface area (Å²) in [5.74, 6) is 0.431. The molecule has 0 saturated heterocycles. The average Bonchev–Trinajstić information content (AvgIpc) is 2.69. The number of rotatable bonds is 6. The highest BCUT2D eigenvalue weighted by Gasteiger charge is 2.36. The van der Waals surface area contributed by atoms with Crippen molar-refractivity contribution in [3.63, 3.8) is 0 Å². The van der Waals surface area contributed by atoms with Crippen LogP contribution in [0.2, 0.25) is 0 Å². The van der Waals surface area contributed by atoms with Crippen LogP contribution in [-0.2, 0) is 21.0 Å². The van der Waals surface area contributed by atoms with Crippen LogP contribution in [0, 0.1) is 0 Å². The fourth-order valence-corrected chi connectivity index (χ4v) is 4.54. The SMILES string of the molecule is COc1ccc2c(c1)OC(C)(C)CC2NC(=O)CN(c1cccc(C(F)(F)F)c1)S(C)(=O)=O. The van der Waals surface area contributed by atoms with Crippen molar-refractivity contribution in [2.24, 2.45) is 0 Å². The van der Waals surface area contributed by atoms with E-state index in [4.69, 9.17) is 9.47 Å². The zero-order valence-electron chi connectivity index (χ0n) is 18.6. The van der Waals surface area contributed by atoms with Gasteiger partial charge in [-0.25, -0.2) is 8.42 Å². The van der Waals surface area contributed by atoms with E-state index in [2.05, 4.69) is 5.32 Å². The third kappa shape index (κ3) is 5.89. The van der Waals surface area contributed by atoms with Crippen molar-refractivity contribution in [1.29, 1.82) is 0 Å². The van der Waals surface area contributed by atoms with Crippen LogP contribution >= 0.6 is 0 Å². The molecule has 0 fully saturated rings. The van der Waals surface area contributed by atoms with E-state index >= 15 is 0 Å². The Bertz CT molecular complexity index is 1150. The van der Waals surface area contributed by atoms with E-state index in [-0.39, 0.29) is 5.69 Å². The molecule has 2 aromatic carbocycles. The Hall–Kier alpha value is -2.95. The monoisotopic (exact) mass is 486 g/mol. The van der Waals surface area contributed by atoms with Crippen LogP contribution in [0.25, 0.3) is 0 Å². The Kier molecular flexibility index (Phi) is 6.56. The number of nitrogens with one attached hydrogen (secondary N) is 1. The number of methoxy groups -OCH3 is 1. The summed E-state index contributed by atoms with van der Waals surface area (Å²) in [6.45, 7) is 3.02. The predicted molar refractivity (Wildman–Crippen MR) is 117 cm³/mol. The molecule has 1 amide bonds. The fraction of sp³-hybridized carbons (Fsp3) is 0.409. The van der Waals surface area contributed by atoms with E-state index in [9.17, 15) is 26.4 Å². The van der Waals surface area contributed by atoms with Crippen LogP contribution in [0.1, 0.15) is 37.4 Å². The van der Waals surface area contributed by atoms with Gasteiger partial charge in [-0.05, 0) is 44.2 Å². The molecule has 2 aromatic rings. The number of hydrogen-bond donors (Lipinski definition) is 1. The molecule has 33 heavy (non-hydrogen) atoms. The van der Waals surface area contributed by atoms with Crippen LogP contribution in [0.15, 0.2) is 42.5 Å². The molecule has 1 atom stereocenters. The third-order valence-electron chi connectivity index (χ3n) is 5.16. The Morgan fingerprint density at radius 2 is 1.94 bits per heavy atom. The number of ether oxygens (including phenoxy) is 2. The summed E-state index contributed by atoms with van der Waals surface area (Å²) in [4.78, 5) is 12.9. The van der Waals surface area contributed by atoms with Gasteiger partial charge in [0.15, 0.2) is 0 Å². The van der Waals surface area contributed by atoms with E-state index in [1.807, 2.05) is 13.8 Å². The lowest BCUT2D eigenvalue weighted by molar-refractivity contribution is -0.137. The molecular formula is C22H25F3N2O5S. The zero-order chi connectivity index (χ0) is 24.6. The van der Waals surface area contributed by atoms with Crippen molar-refractivity contribution in [2.45, 2.75) is 38.1 Å². The molecule has 11 heteroatoms. The van der Waals surface area contributed by atoms with Crippen molar-refractivity contribution < 1.29 is 35.9 Å². The van der Waals surface area contributed by atoms with Gasteiger partial charge >= 0.3 is 6.18 Å². The second kappa shape index (κ2) is 8.77. The van der Waals surface area contributed by atoms with E-state index in [1.54, 1.807) is 18.2 Å². The number of halogens is 3. The van der Waals surface area contributed by atoms with E-state index in [1.165, 1.54) is 13.2 Å². The minimum absolute atomic E-state index is 0.250. The number of fused-ring (bicyclic) bond motifs is 1. The molecular weight excluding hydrogens is 461 g/mol. The van der Waals surface area contributed by atoms with Gasteiger partial charge < -0.3 is 14.8 Å². The molecule has 0 radical (unpaired) electrons. The summed E-state index contributed by atoms with van der Waals surface area (Å²) in [7, 11) is -2.53. The van der Waals surface area contributed by atoms with Crippen molar-refractivity contribution >= 4 is 21.6 Å². The smallest absolute Gasteiger partial charge is 0.416 e. The summed E-state index contributed by atoms with van der Waals surface area (Å²) in [6, 6.07) is 8.50. The highest BCUT2D eigenvalue weighted by Crippen LogP contribution is 2.41. The summed E-state index contributed by atoms with van der Waals surface area (Å²) in [6.07, 6.45) is -3.42. The number of carbonyl (C=O) groups excluding carboxylic acids is 1. The minimum atomic E-state index is -4.65. The number of anilines is 1. The van der Waals surface area contributed by atoms with Crippen molar-refractivity contribution in [1.82, 2.24) is 5.32 Å². The summed E-state index contributed by atoms with van der Waals surface area (Å²) in [5.41, 5.74) is -1.20. The number of carbonyl (C=O) groups is 1. The van der Waals surface area contributed by atoms with Gasteiger partial charge in [0, 0.05) is 18.1 Å². The van der Waals surface area contributed by atoms with E-state index in [0.29, 0.717) is 33.9 Å². The minimum Gasteiger partial charge on any atom is -0.497 e. The lowest BCUT2D eigenvalue weighted by atomic mass is 9.89. The topological polar surface area (TPSA) is 84.9 Å². The van der Waals surface area contributed by atoms with Crippen molar-refractivity contribution in [2.75, 3.05) is 24.2 Å². The molecule has 0 aromatic heterocycles. The Morgan fingerprint density at radius 3 is 2.55 bits per heavy atom. The van der Waals surface area contributed by atoms with Gasteiger partial charge in [-0.3, -0.25) is 9.10 Å². The van der Waals surface area contributed by atoms with Crippen LogP contribution < -0.4 is 19.1 Å². The molecule has 0 aliphatic carbocycles. The average molecular weight is 487 g/mol. The highest BCUT2D eigenvalue weighted by atomic mass is 32.2. The number of benzene rings is 2. The second-order valence-corrected chi connectivity index (χ2v) is 10.3. The highest BCUT2D eigenvalue weighted by molar-refractivity contribution is 7.92. The lowest BCUT2D eigenvalue weighted by Crippen LogP contribution is -2.45. The van der Waals surface area contributed by atoms with Crippen LogP contribution in [-0.4, -0.2) is 39.8 Å². The van der Waals surface area contributed by atoms with E-state index < -0.39 is 45.9 Å². The maximum atomic E-state index is 13.1. The quantitative estimate of drug-likeness (QED) is 0.670. The van der Waals surface area contributed by atoms with Gasteiger partial charge in [0.05, 0.1) is 30.7 Å². The molecule has 1 unspecified atom stereocenters. The maximum Gasteiger partial charge on any atom is 0.416 e. The first-order valence-electron chi connectivity index (χ1n) is 10.0. The van der Waals surface area contributed by atoms with Gasteiger partial charge in [0.1, 0.15) is 23.6 Å². The maximum absolute atomic E-state index is 13.1. The molecule has 1 aliphatic heterocycles. The number of amides is 1.